The summed E-state index contributed by atoms with van der Waals surface area (Å²) in [5.74, 6) is 1.40. The summed E-state index contributed by atoms with van der Waals surface area (Å²) in [6.07, 6.45) is 4.44. The fourth-order valence-electron chi connectivity index (χ4n) is 2.62. The molecule has 1 aliphatic carbocycles. The van der Waals surface area contributed by atoms with Crippen LogP contribution in [0.15, 0.2) is 22.7 Å². The number of aromatic nitrogens is 3. The van der Waals surface area contributed by atoms with Crippen molar-refractivity contribution in [2.45, 2.75) is 44.6 Å². The molecule has 5 heteroatoms. The molecule has 100 valence electrons. The predicted octanol–water partition coefficient (Wildman–Crippen LogP) is 2.42. The lowest BCUT2D eigenvalue weighted by atomic mass is 9.85. The van der Waals surface area contributed by atoms with Gasteiger partial charge in [-0.1, -0.05) is 24.1 Å². The van der Waals surface area contributed by atoms with Crippen LogP contribution in [0, 0.1) is 6.92 Å². The second-order valence-electron chi connectivity index (χ2n) is 5.18. The molecule has 5 nitrogen and oxygen atoms in total. The van der Waals surface area contributed by atoms with Crippen molar-refractivity contribution < 1.29 is 4.52 Å². The van der Waals surface area contributed by atoms with E-state index in [0.717, 1.165) is 24.2 Å². The van der Waals surface area contributed by atoms with Crippen molar-refractivity contribution >= 4 is 0 Å². The Labute approximate surface area is 112 Å². The van der Waals surface area contributed by atoms with Crippen LogP contribution >= 0.6 is 0 Å². The maximum absolute atomic E-state index is 6.14. The molecule has 0 amide bonds. The summed E-state index contributed by atoms with van der Waals surface area (Å²) in [5.41, 5.74) is 7.83. The third kappa shape index (κ3) is 2.51. The van der Waals surface area contributed by atoms with E-state index in [-0.39, 0.29) is 12.0 Å². The quantitative estimate of drug-likeness (QED) is 0.895. The molecule has 2 unspecified atom stereocenters. The van der Waals surface area contributed by atoms with Crippen LogP contribution in [0.4, 0.5) is 0 Å². The Hall–Kier alpha value is -1.75. The van der Waals surface area contributed by atoms with Crippen LogP contribution in [0.5, 0.6) is 0 Å². The summed E-state index contributed by atoms with van der Waals surface area (Å²) in [5, 5.41) is 4.03. The molecule has 0 saturated heterocycles. The van der Waals surface area contributed by atoms with Crippen LogP contribution in [-0.4, -0.2) is 21.2 Å². The molecule has 0 radical (unpaired) electrons. The average molecular weight is 258 g/mol. The Morgan fingerprint density at radius 2 is 2.05 bits per heavy atom. The maximum Gasteiger partial charge on any atom is 0.231 e. The molecule has 2 heterocycles. The number of rotatable bonds is 2. The highest BCUT2D eigenvalue weighted by atomic mass is 16.5. The molecule has 2 N–H and O–H groups in total. The van der Waals surface area contributed by atoms with E-state index < -0.39 is 0 Å². The van der Waals surface area contributed by atoms with E-state index in [2.05, 4.69) is 15.1 Å². The fourth-order valence-corrected chi connectivity index (χ4v) is 2.62. The minimum Gasteiger partial charge on any atom is -0.339 e. The first-order valence-corrected chi connectivity index (χ1v) is 6.77. The van der Waals surface area contributed by atoms with Crippen LogP contribution in [-0.2, 0) is 0 Å². The van der Waals surface area contributed by atoms with Crippen LogP contribution in [0.25, 0.3) is 11.5 Å². The second kappa shape index (κ2) is 5.09. The van der Waals surface area contributed by atoms with Crippen molar-refractivity contribution in [3.63, 3.8) is 0 Å². The molecule has 0 bridgehead atoms. The molecule has 0 aromatic carbocycles. The highest BCUT2D eigenvalue weighted by Crippen LogP contribution is 2.31. The Kier molecular flexibility index (Phi) is 3.29. The summed E-state index contributed by atoms with van der Waals surface area (Å²) >= 11 is 0. The van der Waals surface area contributed by atoms with Gasteiger partial charge in [-0.25, -0.2) is 4.98 Å². The van der Waals surface area contributed by atoms with Gasteiger partial charge in [0.15, 0.2) is 0 Å². The number of pyridine rings is 1. The number of nitrogens with zero attached hydrogens (tertiary/aromatic N) is 3. The molecule has 19 heavy (non-hydrogen) atoms. The molecule has 0 aliphatic heterocycles. The molecule has 1 fully saturated rings. The predicted molar refractivity (Wildman–Crippen MR) is 71.5 cm³/mol. The first kappa shape index (κ1) is 12.3. The molecule has 1 aliphatic rings. The molecule has 2 aromatic heterocycles. The second-order valence-corrected chi connectivity index (χ2v) is 5.18. The van der Waals surface area contributed by atoms with Crippen molar-refractivity contribution in [2.24, 2.45) is 5.73 Å². The van der Waals surface area contributed by atoms with Crippen molar-refractivity contribution in [3.8, 4) is 11.5 Å². The van der Waals surface area contributed by atoms with Gasteiger partial charge in [0.25, 0.3) is 0 Å². The molecular formula is C14H18N4O. The van der Waals surface area contributed by atoms with Gasteiger partial charge in [-0.2, -0.15) is 4.98 Å². The maximum atomic E-state index is 6.14. The summed E-state index contributed by atoms with van der Waals surface area (Å²) in [6, 6.07) is 5.91. The number of nitrogens with two attached hydrogens (primary N) is 1. The number of hydrogen-bond donors (Lipinski definition) is 1. The largest absolute Gasteiger partial charge is 0.339 e. The first-order chi connectivity index (χ1) is 9.24. The van der Waals surface area contributed by atoms with Crippen LogP contribution < -0.4 is 5.73 Å². The zero-order valence-electron chi connectivity index (χ0n) is 11.0. The van der Waals surface area contributed by atoms with Crippen molar-refractivity contribution in [1.82, 2.24) is 15.1 Å². The molecular weight excluding hydrogens is 240 g/mol. The first-order valence-electron chi connectivity index (χ1n) is 6.77. The van der Waals surface area contributed by atoms with Gasteiger partial charge in [0.1, 0.15) is 5.69 Å². The summed E-state index contributed by atoms with van der Waals surface area (Å²) in [4.78, 5) is 8.88. The van der Waals surface area contributed by atoms with Crippen molar-refractivity contribution in [3.05, 3.63) is 29.8 Å². The van der Waals surface area contributed by atoms with E-state index >= 15 is 0 Å². The minimum absolute atomic E-state index is 0.132. The van der Waals surface area contributed by atoms with Gasteiger partial charge in [0.2, 0.25) is 11.7 Å². The van der Waals surface area contributed by atoms with Crippen LogP contribution in [0.1, 0.15) is 43.2 Å². The highest BCUT2D eigenvalue weighted by molar-refractivity contribution is 5.48. The smallest absolute Gasteiger partial charge is 0.231 e. The van der Waals surface area contributed by atoms with Crippen molar-refractivity contribution in [1.29, 1.82) is 0 Å². The Balaban J connectivity index is 1.86. The Morgan fingerprint density at radius 1 is 1.21 bits per heavy atom. The third-order valence-corrected chi connectivity index (χ3v) is 3.70. The molecule has 0 spiro atoms. The van der Waals surface area contributed by atoms with E-state index in [0.29, 0.717) is 11.7 Å². The lowest BCUT2D eigenvalue weighted by Gasteiger charge is -2.25. The van der Waals surface area contributed by atoms with Gasteiger partial charge in [-0.05, 0) is 31.9 Å². The summed E-state index contributed by atoms with van der Waals surface area (Å²) in [7, 11) is 0. The summed E-state index contributed by atoms with van der Waals surface area (Å²) < 4.78 is 5.39. The van der Waals surface area contributed by atoms with E-state index in [1.165, 1.54) is 12.8 Å². The highest BCUT2D eigenvalue weighted by Gasteiger charge is 2.28. The van der Waals surface area contributed by atoms with Gasteiger partial charge in [0, 0.05) is 11.7 Å². The lowest BCUT2D eigenvalue weighted by Crippen LogP contribution is -2.31. The topological polar surface area (TPSA) is 77.8 Å². The Morgan fingerprint density at radius 3 is 2.84 bits per heavy atom. The molecule has 2 aromatic rings. The van der Waals surface area contributed by atoms with Gasteiger partial charge >= 0.3 is 0 Å². The monoisotopic (exact) mass is 258 g/mol. The lowest BCUT2D eigenvalue weighted by molar-refractivity contribution is 0.290. The fraction of sp³-hybridized carbons (Fsp3) is 0.500. The van der Waals surface area contributed by atoms with Gasteiger partial charge in [0.05, 0.1) is 5.92 Å². The minimum atomic E-state index is 0.132. The SMILES string of the molecule is Cc1cccc(-c2noc(C3CCCCC3N)n2)n1. The van der Waals surface area contributed by atoms with E-state index in [4.69, 9.17) is 10.3 Å². The molecule has 1 saturated carbocycles. The van der Waals surface area contributed by atoms with Crippen LogP contribution in [0.3, 0.4) is 0 Å². The van der Waals surface area contributed by atoms with Gasteiger partial charge in [-0.15, -0.1) is 0 Å². The van der Waals surface area contributed by atoms with Gasteiger partial charge in [-0.3, -0.25) is 0 Å². The van der Waals surface area contributed by atoms with E-state index in [9.17, 15) is 0 Å². The standard InChI is InChI=1S/C14H18N4O/c1-9-5-4-8-12(16-9)13-17-14(19-18-13)10-6-2-3-7-11(10)15/h4-5,8,10-11H,2-3,6-7,15H2,1H3. The number of aryl methyl sites for hydroxylation is 1. The van der Waals surface area contributed by atoms with Crippen LogP contribution in [0.2, 0.25) is 0 Å². The summed E-state index contributed by atoms with van der Waals surface area (Å²) in [6.45, 7) is 1.95. The normalized spacial score (nSPS) is 23.5. The zero-order valence-corrected chi connectivity index (χ0v) is 11.0. The zero-order chi connectivity index (χ0) is 13.2. The van der Waals surface area contributed by atoms with Crippen molar-refractivity contribution in [2.75, 3.05) is 0 Å². The van der Waals surface area contributed by atoms with Gasteiger partial charge < -0.3 is 10.3 Å². The Bertz CT molecular complexity index is 566. The molecule has 2 atom stereocenters. The third-order valence-electron chi connectivity index (χ3n) is 3.70. The molecule has 3 rings (SSSR count). The van der Waals surface area contributed by atoms with E-state index in [1.54, 1.807) is 0 Å². The van der Waals surface area contributed by atoms with E-state index in [1.807, 2.05) is 25.1 Å². The number of hydrogen-bond acceptors (Lipinski definition) is 5. The average Bonchev–Trinajstić information content (AvgIpc) is 2.89.